The minimum atomic E-state index is -0.437. The quantitative estimate of drug-likeness (QED) is 0.793. The van der Waals surface area contributed by atoms with Crippen LogP contribution in [0.5, 0.6) is 0 Å². The molecule has 0 saturated carbocycles. The Morgan fingerprint density at radius 2 is 1.73 bits per heavy atom. The summed E-state index contributed by atoms with van der Waals surface area (Å²) in [5.74, 6) is -0.437. The van der Waals surface area contributed by atoms with E-state index in [1.807, 2.05) is 20.8 Å². The predicted octanol–water partition coefficient (Wildman–Crippen LogP) is 4.19. The molecule has 84 valence electrons. The summed E-state index contributed by atoms with van der Waals surface area (Å²) in [6.07, 6.45) is 0. The maximum absolute atomic E-state index is 13.2. The van der Waals surface area contributed by atoms with E-state index < -0.39 is 5.82 Å². The highest BCUT2D eigenvalue weighted by molar-refractivity contribution is 6.35. The van der Waals surface area contributed by atoms with E-state index in [0.29, 0.717) is 11.1 Å². The van der Waals surface area contributed by atoms with Gasteiger partial charge in [-0.1, -0.05) is 37.0 Å². The third-order valence-electron chi connectivity index (χ3n) is 2.09. The second kappa shape index (κ2) is 5.15. The van der Waals surface area contributed by atoms with E-state index in [0.717, 1.165) is 5.56 Å². The van der Waals surface area contributed by atoms with Gasteiger partial charge in [-0.2, -0.15) is 0 Å². The summed E-state index contributed by atoms with van der Waals surface area (Å²) in [6.45, 7) is 5.99. The average Bonchev–Trinajstić information content (AvgIpc) is 2.09. The van der Waals surface area contributed by atoms with E-state index in [4.69, 9.17) is 23.2 Å². The first-order chi connectivity index (χ1) is 6.91. The molecule has 1 rings (SSSR count). The van der Waals surface area contributed by atoms with Crippen LogP contribution in [0.1, 0.15) is 32.4 Å². The Labute approximate surface area is 99.6 Å². The molecule has 0 saturated heterocycles. The van der Waals surface area contributed by atoms with Gasteiger partial charge in [-0.15, -0.1) is 0 Å². The van der Waals surface area contributed by atoms with Crippen LogP contribution in [0.4, 0.5) is 4.39 Å². The van der Waals surface area contributed by atoms with Crippen LogP contribution in [0.15, 0.2) is 12.1 Å². The lowest BCUT2D eigenvalue weighted by atomic mass is 10.1. The molecule has 0 unspecified atom stereocenters. The van der Waals surface area contributed by atoms with Crippen molar-refractivity contribution >= 4 is 23.2 Å². The smallest absolute Gasteiger partial charge is 0.142 e. The van der Waals surface area contributed by atoms with E-state index >= 15 is 0 Å². The van der Waals surface area contributed by atoms with Crippen LogP contribution in [0.25, 0.3) is 0 Å². The first kappa shape index (κ1) is 12.8. The molecule has 0 heterocycles. The third kappa shape index (κ3) is 3.33. The maximum Gasteiger partial charge on any atom is 0.142 e. The van der Waals surface area contributed by atoms with Gasteiger partial charge in [0.25, 0.3) is 0 Å². The summed E-state index contributed by atoms with van der Waals surface area (Å²) in [6, 6.07) is 3.14. The molecule has 4 heteroatoms. The molecule has 0 spiro atoms. The molecule has 1 aromatic carbocycles. The Morgan fingerprint density at radius 3 is 2.27 bits per heavy atom. The molecule has 0 aliphatic rings. The first-order valence-electron chi connectivity index (χ1n) is 4.82. The highest BCUT2D eigenvalue weighted by atomic mass is 35.5. The fourth-order valence-electron chi connectivity index (χ4n) is 1.46. The van der Waals surface area contributed by atoms with E-state index in [-0.39, 0.29) is 11.1 Å². The number of hydrogen-bond acceptors (Lipinski definition) is 1. The van der Waals surface area contributed by atoms with Gasteiger partial charge in [-0.25, -0.2) is 4.39 Å². The summed E-state index contributed by atoms with van der Waals surface area (Å²) in [7, 11) is 0. The molecule has 0 aliphatic carbocycles. The van der Waals surface area contributed by atoms with Crippen molar-refractivity contribution in [3.63, 3.8) is 0 Å². The van der Waals surface area contributed by atoms with Crippen molar-refractivity contribution < 1.29 is 4.39 Å². The molecule has 0 fully saturated rings. The lowest BCUT2D eigenvalue weighted by Gasteiger charge is -2.18. The van der Waals surface area contributed by atoms with E-state index in [1.54, 1.807) is 0 Å². The zero-order valence-electron chi connectivity index (χ0n) is 8.94. The van der Waals surface area contributed by atoms with Gasteiger partial charge >= 0.3 is 0 Å². The molecule has 0 amide bonds. The van der Waals surface area contributed by atoms with Gasteiger partial charge < -0.3 is 5.32 Å². The average molecular weight is 250 g/mol. The molecule has 1 N–H and O–H groups in total. The fourth-order valence-corrected chi connectivity index (χ4v) is 2.01. The zero-order chi connectivity index (χ0) is 11.6. The molecular weight excluding hydrogens is 236 g/mol. The molecule has 1 aromatic rings. The van der Waals surface area contributed by atoms with Crippen molar-refractivity contribution in [1.29, 1.82) is 0 Å². The first-order valence-corrected chi connectivity index (χ1v) is 5.58. The summed E-state index contributed by atoms with van der Waals surface area (Å²) in [5, 5.41) is 3.80. The van der Waals surface area contributed by atoms with Gasteiger partial charge in [0, 0.05) is 17.1 Å². The van der Waals surface area contributed by atoms with Crippen molar-refractivity contribution in [2.75, 3.05) is 0 Å². The van der Waals surface area contributed by atoms with E-state index in [9.17, 15) is 4.39 Å². The van der Waals surface area contributed by atoms with Crippen LogP contribution in [-0.2, 0) is 0 Å². The van der Waals surface area contributed by atoms with Crippen LogP contribution in [0.3, 0.4) is 0 Å². The van der Waals surface area contributed by atoms with Gasteiger partial charge in [0.2, 0.25) is 0 Å². The van der Waals surface area contributed by atoms with Crippen molar-refractivity contribution in [1.82, 2.24) is 5.32 Å². The number of benzene rings is 1. The molecule has 1 nitrogen and oxygen atoms in total. The highest BCUT2D eigenvalue weighted by Crippen LogP contribution is 2.28. The zero-order valence-corrected chi connectivity index (χ0v) is 10.5. The van der Waals surface area contributed by atoms with Gasteiger partial charge in [0.1, 0.15) is 5.82 Å². The SMILES string of the molecule is CC(C)N[C@H](C)c1cc(F)c(Cl)cc1Cl. The number of nitrogens with one attached hydrogen (secondary N) is 1. The number of rotatable bonds is 3. The molecule has 0 aromatic heterocycles. The van der Waals surface area contributed by atoms with Crippen molar-refractivity contribution in [2.24, 2.45) is 0 Å². The van der Waals surface area contributed by atoms with E-state index in [1.165, 1.54) is 12.1 Å². The predicted molar refractivity (Wildman–Crippen MR) is 63.1 cm³/mol. The van der Waals surface area contributed by atoms with Gasteiger partial charge in [-0.3, -0.25) is 0 Å². The minimum Gasteiger partial charge on any atom is -0.308 e. The summed E-state index contributed by atoms with van der Waals surface area (Å²) < 4.78 is 13.2. The lowest BCUT2D eigenvalue weighted by Crippen LogP contribution is -2.26. The van der Waals surface area contributed by atoms with Gasteiger partial charge in [0.15, 0.2) is 0 Å². The Morgan fingerprint density at radius 1 is 1.13 bits per heavy atom. The highest BCUT2D eigenvalue weighted by Gasteiger charge is 2.13. The molecule has 0 bridgehead atoms. The molecule has 0 radical (unpaired) electrons. The Kier molecular flexibility index (Phi) is 4.38. The molecule has 15 heavy (non-hydrogen) atoms. The maximum atomic E-state index is 13.2. The molecule has 1 atom stereocenters. The lowest BCUT2D eigenvalue weighted by molar-refractivity contribution is 0.503. The molecule has 0 aliphatic heterocycles. The fraction of sp³-hybridized carbons (Fsp3) is 0.455. The summed E-state index contributed by atoms with van der Waals surface area (Å²) in [4.78, 5) is 0. The monoisotopic (exact) mass is 249 g/mol. The van der Waals surface area contributed by atoms with Crippen LogP contribution in [0.2, 0.25) is 10.0 Å². The van der Waals surface area contributed by atoms with Crippen LogP contribution >= 0.6 is 23.2 Å². The van der Waals surface area contributed by atoms with Crippen molar-refractivity contribution in [3.8, 4) is 0 Å². The normalized spacial score (nSPS) is 13.3. The van der Waals surface area contributed by atoms with Crippen LogP contribution in [0, 0.1) is 5.82 Å². The van der Waals surface area contributed by atoms with Gasteiger partial charge in [-0.05, 0) is 24.6 Å². The van der Waals surface area contributed by atoms with Crippen LogP contribution in [-0.4, -0.2) is 6.04 Å². The second-order valence-electron chi connectivity index (χ2n) is 3.83. The number of hydrogen-bond donors (Lipinski definition) is 1. The number of halogens is 3. The largest absolute Gasteiger partial charge is 0.308 e. The van der Waals surface area contributed by atoms with Crippen molar-refractivity contribution in [3.05, 3.63) is 33.6 Å². The third-order valence-corrected chi connectivity index (χ3v) is 2.71. The Balaban J connectivity index is 2.98. The topological polar surface area (TPSA) is 12.0 Å². The standard InChI is InChI=1S/C11H14Cl2FN/c1-6(2)15-7(3)8-4-11(14)10(13)5-9(8)12/h4-7,15H,1-3H3/t7-/m1/s1. The molecular formula is C11H14Cl2FN. The minimum absolute atomic E-state index is 0.00395. The van der Waals surface area contributed by atoms with Crippen molar-refractivity contribution in [2.45, 2.75) is 32.9 Å². The van der Waals surface area contributed by atoms with Gasteiger partial charge in [0.05, 0.1) is 5.02 Å². The Hall–Kier alpha value is -0.310. The van der Waals surface area contributed by atoms with E-state index in [2.05, 4.69) is 5.32 Å². The van der Waals surface area contributed by atoms with Crippen LogP contribution < -0.4 is 5.32 Å². The Bertz CT molecular complexity index is 353. The summed E-state index contributed by atoms with van der Waals surface area (Å²) >= 11 is 11.6. The summed E-state index contributed by atoms with van der Waals surface area (Å²) in [5.41, 5.74) is 0.729. The second-order valence-corrected chi connectivity index (χ2v) is 4.65.